The highest BCUT2D eigenvalue weighted by Gasteiger charge is 2.32. The predicted octanol–water partition coefficient (Wildman–Crippen LogP) is 4.88. The maximum absolute atomic E-state index is 13.2. The van der Waals surface area contributed by atoms with Crippen molar-refractivity contribution in [2.75, 3.05) is 37.8 Å². The smallest absolute Gasteiger partial charge is 0.401 e. The Morgan fingerprint density at radius 3 is 2.49 bits per heavy atom. The molecule has 206 valence electrons. The number of esters is 1. The van der Waals surface area contributed by atoms with Gasteiger partial charge in [0.1, 0.15) is 17.2 Å². The minimum Gasteiger partial charge on any atom is -0.496 e. The molecule has 8 nitrogen and oxygen atoms in total. The molecule has 1 aromatic heterocycles. The van der Waals surface area contributed by atoms with Gasteiger partial charge in [-0.2, -0.15) is 18.2 Å². The second-order valence-corrected chi connectivity index (χ2v) is 9.94. The lowest BCUT2D eigenvalue weighted by atomic mass is 10.0. The van der Waals surface area contributed by atoms with Crippen molar-refractivity contribution < 1.29 is 27.4 Å². The Balaban J connectivity index is 2.28. The molecule has 2 aromatic rings. The Labute approximate surface area is 216 Å². The maximum Gasteiger partial charge on any atom is 0.401 e. The van der Waals surface area contributed by atoms with Crippen molar-refractivity contribution in [1.29, 1.82) is 0 Å². The number of carbonyl (C=O) groups is 1. The van der Waals surface area contributed by atoms with Crippen LogP contribution in [-0.2, 0) is 22.5 Å². The molecule has 0 fully saturated rings. The van der Waals surface area contributed by atoms with Gasteiger partial charge < -0.3 is 20.5 Å². The molecule has 1 aromatic carbocycles. The largest absolute Gasteiger partial charge is 0.496 e. The standard InChI is InChI=1S/C26H38F3N5O3/c1-7-8-11-31-23-20(17(2)32-24(30)33-23)13-19-10-9-18(12-21(19)36-6)14-34(16-26(27,28)29)15-22(35)37-25(3,4)5/h9-10,12H,7-8,11,13-16H2,1-6H3,(H3,30,31,32,33). The van der Waals surface area contributed by atoms with E-state index in [4.69, 9.17) is 15.2 Å². The summed E-state index contributed by atoms with van der Waals surface area (Å²) in [7, 11) is 1.50. The van der Waals surface area contributed by atoms with Crippen LogP contribution in [0.4, 0.5) is 24.9 Å². The fourth-order valence-corrected chi connectivity index (χ4v) is 3.82. The number of nitrogens with two attached hydrogens (primary N) is 1. The van der Waals surface area contributed by atoms with Crippen molar-refractivity contribution in [1.82, 2.24) is 14.9 Å². The number of nitrogen functional groups attached to an aromatic ring is 1. The van der Waals surface area contributed by atoms with Crippen molar-refractivity contribution in [3.05, 3.63) is 40.6 Å². The van der Waals surface area contributed by atoms with Gasteiger partial charge in [-0.15, -0.1) is 0 Å². The molecule has 0 radical (unpaired) electrons. The van der Waals surface area contributed by atoms with Crippen LogP contribution in [0, 0.1) is 6.92 Å². The molecule has 11 heteroatoms. The van der Waals surface area contributed by atoms with Gasteiger partial charge in [0.15, 0.2) is 0 Å². The third kappa shape index (κ3) is 10.4. The van der Waals surface area contributed by atoms with Gasteiger partial charge in [0, 0.05) is 30.8 Å². The minimum atomic E-state index is -4.47. The summed E-state index contributed by atoms with van der Waals surface area (Å²) in [4.78, 5) is 21.9. The molecule has 0 spiro atoms. The Kier molecular flexibility index (Phi) is 10.5. The number of ether oxygens (including phenoxy) is 2. The lowest BCUT2D eigenvalue weighted by Crippen LogP contribution is -2.39. The van der Waals surface area contributed by atoms with E-state index in [1.165, 1.54) is 7.11 Å². The summed E-state index contributed by atoms with van der Waals surface area (Å²) in [6.07, 6.45) is -2.04. The lowest BCUT2D eigenvalue weighted by molar-refractivity contribution is -0.164. The number of nitrogens with one attached hydrogen (secondary N) is 1. The van der Waals surface area contributed by atoms with E-state index >= 15 is 0 Å². The van der Waals surface area contributed by atoms with Crippen molar-refractivity contribution in [2.24, 2.45) is 0 Å². The van der Waals surface area contributed by atoms with Crippen LogP contribution in [0.2, 0.25) is 0 Å². The van der Waals surface area contributed by atoms with Gasteiger partial charge in [-0.05, 0) is 51.3 Å². The molecule has 1 heterocycles. The molecule has 0 unspecified atom stereocenters. The number of aryl methyl sites for hydroxylation is 1. The van der Waals surface area contributed by atoms with Crippen molar-refractivity contribution in [3.63, 3.8) is 0 Å². The molecule has 0 saturated heterocycles. The molecule has 0 aliphatic rings. The first kappa shape index (κ1) is 30.1. The first-order valence-electron chi connectivity index (χ1n) is 12.2. The van der Waals surface area contributed by atoms with Crippen LogP contribution in [0.25, 0.3) is 0 Å². The van der Waals surface area contributed by atoms with Crippen molar-refractivity contribution in [3.8, 4) is 5.75 Å². The van der Waals surface area contributed by atoms with E-state index in [1.807, 2.05) is 6.92 Å². The summed E-state index contributed by atoms with van der Waals surface area (Å²) < 4.78 is 50.4. The van der Waals surface area contributed by atoms with Crippen LogP contribution in [0.5, 0.6) is 5.75 Å². The van der Waals surface area contributed by atoms with E-state index in [2.05, 4.69) is 22.2 Å². The number of methoxy groups -OCH3 is 1. The maximum atomic E-state index is 13.2. The van der Waals surface area contributed by atoms with E-state index in [9.17, 15) is 18.0 Å². The normalized spacial score (nSPS) is 12.1. The van der Waals surface area contributed by atoms with Crippen molar-refractivity contribution in [2.45, 2.75) is 72.2 Å². The number of aromatic nitrogens is 2. The molecule has 0 aliphatic heterocycles. The van der Waals surface area contributed by atoms with Crippen LogP contribution in [0.1, 0.15) is 62.9 Å². The predicted molar refractivity (Wildman–Crippen MR) is 138 cm³/mol. The van der Waals surface area contributed by atoms with E-state index in [1.54, 1.807) is 39.0 Å². The van der Waals surface area contributed by atoms with Gasteiger partial charge in [-0.3, -0.25) is 9.69 Å². The lowest BCUT2D eigenvalue weighted by Gasteiger charge is -2.26. The first-order valence-corrected chi connectivity index (χ1v) is 12.2. The van der Waals surface area contributed by atoms with Crippen LogP contribution < -0.4 is 15.8 Å². The number of hydrogen-bond donors (Lipinski definition) is 2. The zero-order valence-electron chi connectivity index (χ0n) is 22.5. The molecule has 2 rings (SSSR count). The van der Waals surface area contributed by atoms with E-state index in [-0.39, 0.29) is 12.5 Å². The van der Waals surface area contributed by atoms with Gasteiger partial charge in [-0.1, -0.05) is 25.5 Å². The number of rotatable bonds is 12. The number of hydrogen-bond acceptors (Lipinski definition) is 8. The minimum absolute atomic E-state index is 0.108. The Hall–Kier alpha value is -3.08. The number of benzene rings is 1. The summed E-state index contributed by atoms with van der Waals surface area (Å²) in [5, 5.41) is 3.32. The number of nitrogens with zero attached hydrogens (tertiary/aromatic N) is 3. The summed E-state index contributed by atoms with van der Waals surface area (Å²) >= 11 is 0. The fraction of sp³-hybridized carbons (Fsp3) is 0.577. The number of anilines is 2. The van der Waals surface area contributed by atoms with Crippen LogP contribution in [0.3, 0.4) is 0 Å². The van der Waals surface area contributed by atoms with E-state index in [0.717, 1.165) is 41.1 Å². The van der Waals surface area contributed by atoms with Crippen LogP contribution in [-0.4, -0.2) is 59.4 Å². The monoisotopic (exact) mass is 525 g/mol. The van der Waals surface area contributed by atoms with Crippen LogP contribution in [0.15, 0.2) is 18.2 Å². The molecular weight excluding hydrogens is 487 g/mol. The fourth-order valence-electron chi connectivity index (χ4n) is 3.82. The first-order chi connectivity index (χ1) is 17.2. The number of halogens is 3. The summed E-state index contributed by atoms with van der Waals surface area (Å²) in [5.41, 5.74) is 8.04. The van der Waals surface area contributed by atoms with Gasteiger partial charge in [0.2, 0.25) is 5.95 Å². The zero-order valence-corrected chi connectivity index (χ0v) is 22.5. The Bertz CT molecular complexity index is 1050. The molecule has 3 N–H and O–H groups in total. The summed E-state index contributed by atoms with van der Waals surface area (Å²) in [5.74, 6) is 0.621. The number of unbranched alkanes of at least 4 members (excludes halogenated alkanes) is 1. The third-order valence-corrected chi connectivity index (χ3v) is 5.35. The highest BCUT2D eigenvalue weighted by Crippen LogP contribution is 2.28. The van der Waals surface area contributed by atoms with E-state index < -0.39 is 30.8 Å². The van der Waals surface area contributed by atoms with Crippen molar-refractivity contribution >= 4 is 17.7 Å². The number of alkyl halides is 3. The van der Waals surface area contributed by atoms with Gasteiger partial charge in [0.05, 0.1) is 20.2 Å². The highest BCUT2D eigenvalue weighted by atomic mass is 19.4. The molecule has 0 bridgehead atoms. The molecule has 0 aliphatic carbocycles. The molecule has 0 amide bonds. The average molecular weight is 526 g/mol. The molecular formula is C26H38F3N5O3. The molecule has 0 atom stereocenters. The average Bonchev–Trinajstić information content (AvgIpc) is 2.74. The topological polar surface area (TPSA) is 103 Å². The SMILES string of the molecule is CCCCNc1nc(N)nc(C)c1Cc1ccc(CN(CC(=O)OC(C)(C)C)CC(F)(F)F)cc1OC. The van der Waals surface area contributed by atoms with Gasteiger partial charge in [0.25, 0.3) is 0 Å². The highest BCUT2D eigenvalue weighted by molar-refractivity contribution is 5.72. The van der Waals surface area contributed by atoms with Gasteiger partial charge in [-0.25, -0.2) is 4.98 Å². The quantitative estimate of drug-likeness (QED) is 0.299. The second kappa shape index (κ2) is 12.9. The third-order valence-electron chi connectivity index (χ3n) is 5.35. The summed E-state index contributed by atoms with van der Waals surface area (Å²) in [6.45, 7) is 7.85. The van der Waals surface area contributed by atoms with E-state index in [0.29, 0.717) is 23.6 Å². The Morgan fingerprint density at radius 2 is 1.89 bits per heavy atom. The second-order valence-electron chi connectivity index (χ2n) is 9.94. The van der Waals surface area contributed by atoms with Crippen LogP contribution >= 0.6 is 0 Å². The van der Waals surface area contributed by atoms with Gasteiger partial charge >= 0.3 is 12.1 Å². The Morgan fingerprint density at radius 1 is 1.19 bits per heavy atom. The zero-order chi connectivity index (χ0) is 27.8. The molecule has 37 heavy (non-hydrogen) atoms. The number of carbonyl (C=O) groups excluding carboxylic acids is 1. The summed E-state index contributed by atoms with van der Waals surface area (Å²) in [6, 6.07) is 5.22. The molecule has 0 saturated carbocycles.